The summed E-state index contributed by atoms with van der Waals surface area (Å²) in [4.78, 5) is 15.7. The van der Waals surface area contributed by atoms with Gasteiger partial charge in [-0.05, 0) is 12.5 Å². The highest BCUT2D eigenvalue weighted by Gasteiger charge is 2.19. The predicted molar refractivity (Wildman–Crippen MR) is 84.7 cm³/mol. The summed E-state index contributed by atoms with van der Waals surface area (Å²) in [5.41, 5.74) is 3.68. The molecule has 1 heterocycles. The van der Waals surface area contributed by atoms with Crippen LogP contribution in [-0.4, -0.2) is 34.7 Å². The van der Waals surface area contributed by atoms with Crippen LogP contribution in [0.25, 0.3) is 0 Å². The maximum atomic E-state index is 11.6. The van der Waals surface area contributed by atoms with Crippen LogP contribution in [-0.2, 0) is 9.53 Å². The Labute approximate surface area is 131 Å². The van der Waals surface area contributed by atoms with E-state index in [1.165, 1.54) is 11.3 Å². The Morgan fingerprint density at radius 1 is 1.45 bits per heavy atom. The fraction of sp³-hybridized carbons (Fsp3) is 0.143. The molecule has 1 aromatic heterocycles. The molecular formula is C14H14N4O3S. The van der Waals surface area contributed by atoms with Crippen molar-refractivity contribution < 1.29 is 14.7 Å². The summed E-state index contributed by atoms with van der Waals surface area (Å²) in [6.45, 7) is 1.85. The maximum absolute atomic E-state index is 11.6. The molecule has 0 aliphatic rings. The lowest BCUT2D eigenvalue weighted by Crippen LogP contribution is -2.19. The summed E-state index contributed by atoms with van der Waals surface area (Å²) in [7, 11) is 0. The second kappa shape index (κ2) is 7.89. The SMILES string of the molecule is CCOC(=O)/C(=N\O)c1csc(N/N=C/c2ccccc2)n1. The van der Waals surface area contributed by atoms with Crippen molar-refractivity contribution >= 4 is 34.4 Å². The molecular weight excluding hydrogens is 304 g/mol. The normalized spacial score (nSPS) is 11.6. The zero-order valence-electron chi connectivity index (χ0n) is 11.8. The summed E-state index contributed by atoms with van der Waals surface area (Å²) in [5, 5.41) is 17.9. The Hall–Kier alpha value is -2.74. The second-order valence-corrected chi connectivity index (χ2v) is 4.85. The number of carbonyl (C=O) groups excluding carboxylic acids is 1. The van der Waals surface area contributed by atoms with Crippen LogP contribution in [0.3, 0.4) is 0 Å². The van der Waals surface area contributed by atoms with Gasteiger partial charge in [-0.25, -0.2) is 9.78 Å². The third-order valence-electron chi connectivity index (χ3n) is 2.49. The van der Waals surface area contributed by atoms with E-state index in [-0.39, 0.29) is 18.0 Å². The van der Waals surface area contributed by atoms with Gasteiger partial charge in [-0.3, -0.25) is 5.43 Å². The fourth-order valence-corrected chi connectivity index (χ4v) is 2.18. The average Bonchev–Trinajstić information content (AvgIpc) is 2.98. The molecule has 2 rings (SSSR count). The van der Waals surface area contributed by atoms with Gasteiger partial charge in [0.1, 0.15) is 5.69 Å². The summed E-state index contributed by atoms with van der Waals surface area (Å²) in [5.74, 6) is -0.727. The van der Waals surface area contributed by atoms with Crippen molar-refractivity contribution in [3.63, 3.8) is 0 Å². The van der Waals surface area contributed by atoms with E-state index < -0.39 is 5.97 Å². The molecule has 0 saturated heterocycles. The highest BCUT2D eigenvalue weighted by Crippen LogP contribution is 2.16. The number of hydrogen-bond donors (Lipinski definition) is 2. The minimum Gasteiger partial charge on any atom is -0.461 e. The minimum absolute atomic E-state index is 0.189. The average molecular weight is 318 g/mol. The topological polar surface area (TPSA) is 96.2 Å². The van der Waals surface area contributed by atoms with Gasteiger partial charge in [0.2, 0.25) is 10.8 Å². The van der Waals surface area contributed by atoms with Crippen LogP contribution in [0.15, 0.2) is 46.0 Å². The lowest BCUT2D eigenvalue weighted by molar-refractivity contribution is -0.135. The molecule has 2 aromatic rings. The van der Waals surface area contributed by atoms with Crippen LogP contribution >= 0.6 is 11.3 Å². The molecule has 0 radical (unpaired) electrons. The van der Waals surface area contributed by atoms with Crippen molar-refractivity contribution in [3.8, 4) is 0 Å². The van der Waals surface area contributed by atoms with E-state index in [0.29, 0.717) is 5.13 Å². The molecule has 1 aromatic carbocycles. The first-order valence-corrected chi connectivity index (χ1v) is 7.31. The van der Waals surface area contributed by atoms with Crippen LogP contribution in [0.2, 0.25) is 0 Å². The fourth-order valence-electron chi connectivity index (χ4n) is 1.53. The van der Waals surface area contributed by atoms with Crippen LogP contribution in [0.4, 0.5) is 5.13 Å². The van der Waals surface area contributed by atoms with Crippen molar-refractivity contribution in [1.82, 2.24) is 4.98 Å². The van der Waals surface area contributed by atoms with Gasteiger partial charge < -0.3 is 9.94 Å². The van der Waals surface area contributed by atoms with Crippen molar-refractivity contribution in [3.05, 3.63) is 47.0 Å². The molecule has 0 aliphatic heterocycles. The van der Waals surface area contributed by atoms with E-state index >= 15 is 0 Å². The number of benzene rings is 1. The van der Waals surface area contributed by atoms with Crippen LogP contribution < -0.4 is 5.43 Å². The molecule has 0 saturated carbocycles. The smallest absolute Gasteiger partial charge is 0.362 e. The van der Waals surface area contributed by atoms with E-state index in [1.807, 2.05) is 30.3 Å². The Bertz CT molecular complexity index is 682. The number of thiazole rings is 1. The van der Waals surface area contributed by atoms with E-state index in [4.69, 9.17) is 9.94 Å². The number of anilines is 1. The molecule has 0 fully saturated rings. The number of nitrogens with one attached hydrogen (secondary N) is 1. The monoisotopic (exact) mass is 318 g/mol. The quantitative estimate of drug-likeness (QED) is 0.369. The molecule has 0 aliphatic carbocycles. The second-order valence-electron chi connectivity index (χ2n) is 3.99. The number of carbonyl (C=O) groups is 1. The Balaban J connectivity index is 2.02. The molecule has 0 amide bonds. The Morgan fingerprint density at radius 3 is 2.91 bits per heavy atom. The van der Waals surface area contributed by atoms with Gasteiger partial charge in [0.25, 0.3) is 0 Å². The van der Waals surface area contributed by atoms with Crippen molar-refractivity contribution in [2.24, 2.45) is 10.3 Å². The van der Waals surface area contributed by atoms with Gasteiger partial charge in [-0.1, -0.05) is 35.5 Å². The molecule has 22 heavy (non-hydrogen) atoms. The zero-order chi connectivity index (χ0) is 15.8. The van der Waals surface area contributed by atoms with E-state index in [2.05, 4.69) is 20.7 Å². The Morgan fingerprint density at radius 2 is 2.23 bits per heavy atom. The number of esters is 1. The van der Waals surface area contributed by atoms with E-state index in [0.717, 1.165) is 5.56 Å². The number of aromatic nitrogens is 1. The Kier molecular flexibility index (Phi) is 5.61. The number of hydrazone groups is 1. The van der Waals surface area contributed by atoms with E-state index in [1.54, 1.807) is 18.5 Å². The molecule has 0 unspecified atom stereocenters. The van der Waals surface area contributed by atoms with Gasteiger partial charge >= 0.3 is 5.97 Å². The first-order chi connectivity index (χ1) is 10.7. The number of ether oxygens (including phenoxy) is 1. The van der Waals surface area contributed by atoms with Gasteiger partial charge in [0, 0.05) is 5.38 Å². The summed E-state index contributed by atoms with van der Waals surface area (Å²) < 4.78 is 4.78. The summed E-state index contributed by atoms with van der Waals surface area (Å²) >= 11 is 1.23. The molecule has 0 spiro atoms. The largest absolute Gasteiger partial charge is 0.461 e. The first-order valence-electron chi connectivity index (χ1n) is 6.43. The lowest BCUT2D eigenvalue weighted by Gasteiger charge is -2.00. The molecule has 114 valence electrons. The van der Waals surface area contributed by atoms with Crippen molar-refractivity contribution in [1.29, 1.82) is 0 Å². The van der Waals surface area contributed by atoms with Crippen molar-refractivity contribution in [2.75, 3.05) is 12.0 Å². The van der Waals surface area contributed by atoms with Crippen LogP contribution in [0.1, 0.15) is 18.2 Å². The van der Waals surface area contributed by atoms with Gasteiger partial charge in [-0.15, -0.1) is 11.3 Å². The van der Waals surface area contributed by atoms with Crippen LogP contribution in [0, 0.1) is 0 Å². The number of nitrogens with zero attached hydrogens (tertiary/aromatic N) is 3. The summed E-state index contributed by atoms with van der Waals surface area (Å²) in [6.07, 6.45) is 1.65. The molecule has 7 nitrogen and oxygen atoms in total. The molecule has 0 bridgehead atoms. The number of hydrogen-bond acceptors (Lipinski definition) is 8. The zero-order valence-corrected chi connectivity index (χ0v) is 12.6. The first kappa shape index (κ1) is 15.6. The van der Waals surface area contributed by atoms with Gasteiger partial charge in [0.15, 0.2) is 0 Å². The molecule has 2 N–H and O–H groups in total. The highest BCUT2D eigenvalue weighted by molar-refractivity contribution is 7.14. The molecule has 0 atom stereocenters. The standard InChI is InChI=1S/C14H14N4O3S/c1-2-21-13(19)12(18-20)11-9-22-14(16-11)17-15-8-10-6-4-3-5-7-10/h3-9,20H,2H2,1H3,(H,16,17)/b15-8+,18-12-. The number of oxime groups is 1. The minimum atomic E-state index is -0.727. The van der Waals surface area contributed by atoms with Gasteiger partial charge in [0.05, 0.1) is 12.8 Å². The number of rotatable bonds is 6. The predicted octanol–water partition coefficient (Wildman–Crippen LogP) is 2.33. The van der Waals surface area contributed by atoms with E-state index in [9.17, 15) is 4.79 Å². The lowest BCUT2D eigenvalue weighted by atomic mass is 10.2. The molecule has 8 heteroatoms. The maximum Gasteiger partial charge on any atom is 0.362 e. The van der Waals surface area contributed by atoms with Crippen molar-refractivity contribution in [2.45, 2.75) is 6.92 Å². The van der Waals surface area contributed by atoms with Gasteiger partial charge in [-0.2, -0.15) is 5.10 Å². The third kappa shape index (κ3) is 4.13. The summed E-state index contributed by atoms with van der Waals surface area (Å²) in [6, 6.07) is 9.56. The van der Waals surface area contributed by atoms with Crippen LogP contribution in [0.5, 0.6) is 0 Å². The highest BCUT2D eigenvalue weighted by atomic mass is 32.1. The third-order valence-corrected chi connectivity index (χ3v) is 3.24.